The summed E-state index contributed by atoms with van der Waals surface area (Å²) in [6.45, 7) is 4.25. The van der Waals surface area contributed by atoms with Gasteiger partial charge in [0, 0.05) is 11.4 Å². The van der Waals surface area contributed by atoms with E-state index in [1.165, 1.54) is 18.9 Å². The van der Waals surface area contributed by atoms with Gasteiger partial charge in [0.05, 0.1) is 30.8 Å². The molecule has 1 atom stereocenters. The molecule has 0 spiro atoms. The van der Waals surface area contributed by atoms with E-state index in [-0.39, 0.29) is 5.56 Å². The van der Waals surface area contributed by atoms with Gasteiger partial charge in [-0.05, 0) is 37.1 Å². The van der Waals surface area contributed by atoms with Crippen molar-refractivity contribution in [3.63, 3.8) is 0 Å². The van der Waals surface area contributed by atoms with Gasteiger partial charge in [-0.3, -0.25) is 4.79 Å². The molecule has 0 radical (unpaired) electrons. The molecule has 0 amide bonds. The van der Waals surface area contributed by atoms with Crippen LogP contribution < -0.4 is 15.6 Å². The number of H-pyrrole nitrogens is 1. The number of fused-ring (bicyclic) bond motifs is 1. The summed E-state index contributed by atoms with van der Waals surface area (Å²) >= 11 is 1.45. The van der Waals surface area contributed by atoms with Crippen molar-refractivity contribution in [2.75, 3.05) is 19.0 Å². The first-order valence-corrected chi connectivity index (χ1v) is 11.6. The van der Waals surface area contributed by atoms with E-state index in [4.69, 9.17) is 9.47 Å². The van der Waals surface area contributed by atoms with Crippen LogP contribution >= 0.6 is 11.8 Å². The highest BCUT2D eigenvalue weighted by atomic mass is 32.2. The van der Waals surface area contributed by atoms with Gasteiger partial charge in [0.1, 0.15) is 11.6 Å². The van der Waals surface area contributed by atoms with E-state index in [0.717, 1.165) is 16.9 Å². The summed E-state index contributed by atoms with van der Waals surface area (Å²) in [4.78, 5) is 33.5. The molecule has 3 aromatic rings. The predicted octanol–water partition coefficient (Wildman–Crippen LogP) is 4.47. The average Bonchev–Trinajstić information content (AvgIpc) is 2.83. The number of ether oxygens (including phenoxy) is 2. The van der Waals surface area contributed by atoms with Crippen LogP contribution in [0.1, 0.15) is 36.5 Å². The number of nitrogens with zero attached hydrogens (tertiary/aromatic N) is 1. The Morgan fingerprint density at radius 3 is 2.52 bits per heavy atom. The minimum atomic E-state index is -0.617. The molecule has 0 bridgehead atoms. The molecule has 1 aliphatic heterocycles. The van der Waals surface area contributed by atoms with E-state index in [1.54, 1.807) is 6.92 Å². The van der Waals surface area contributed by atoms with Gasteiger partial charge in [-0.25, -0.2) is 9.78 Å². The van der Waals surface area contributed by atoms with Gasteiger partial charge in [-0.15, -0.1) is 0 Å². The number of aromatic amines is 1. The fourth-order valence-corrected chi connectivity index (χ4v) is 4.68. The maximum absolute atomic E-state index is 13.3. The Morgan fingerprint density at radius 2 is 1.85 bits per heavy atom. The van der Waals surface area contributed by atoms with Crippen LogP contribution in [0.25, 0.3) is 0 Å². The van der Waals surface area contributed by atoms with E-state index >= 15 is 0 Å². The number of anilines is 1. The van der Waals surface area contributed by atoms with Crippen molar-refractivity contribution in [3.05, 3.63) is 92.9 Å². The average molecular weight is 464 g/mol. The second kappa shape index (κ2) is 9.95. The lowest BCUT2D eigenvalue weighted by Gasteiger charge is -2.28. The van der Waals surface area contributed by atoms with E-state index in [2.05, 4.69) is 15.3 Å². The molecular weight excluding hydrogens is 438 g/mol. The van der Waals surface area contributed by atoms with Gasteiger partial charge in [0.2, 0.25) is 0 Å². The van der Waals surface area contributed by atoms with Crippen LogP contribution in [0.4, 0.5) is 5.82 Å². The number of allylic oxidation sites excluding steroid dienone is 1. The monoisotopic (exact) mass is 463 g/mol. The molecule has 2 heterocycles. The first kappa shape index (κ1) is 22.7. The number of aromatic nitrogens is 2. The van der Waals surface area contributed by atoms with E-state index in [9.17, 15) is 9.59 Å². The molecule has 2 aromatic carbocycles. The molecule has 0 saturated heterocycles. The number of thioether (sulfide) groups is 1. The van der Waals surface area contributed by atoms with Crippen molar-refractivity contribution < 1.29 is 14.3 Å². The Hall–Kier alpha value is -3.52. The van der Waals surface area contributed by atoms with Crippen LogP contribution in [0.15, 0.2) is 75.8 Å². The molecule has 8 heteroatoms. The number of benzene rings is 2. The van der Waals surface area contributed by atoms with Crippen LogP contribution in [-0.4, -0.2) is 29.7 Å². The first-order valence-electron chi connectivity index (χ1n) is 10.6. The zero-order chi connectivity index (χ0) is 23.4. The number of methoxy groups -OCH3 is 1. The van der Waals surface area contributed by atoms with Crippen molar-refractivity contribution in [2.45, 2.75) is 30.7 Å². The van der Waals surface area contributed by atoms with E-state index in [0.29, 0.717) is 40.2 Å². The summed E-state index contributed by atoms with van der Waals surface area (Å²) in [6.07, 6.45) is 0. The van der Waals surface area contributed by atoms with Gasteiger partial charge in [0.15, 0.2) is 5.16 Å². The smallest absolute Gasteiger partial charge is 0.336 e. The summed E-state index contributed by atoms with van der Waals surface area (Å²) in [5.74, 6) is 0.724. The lowest BCUT2D eigenvalue weighted by Crippen LogP contribution is -2.31. The second-order valence-corrected chi connectivity index (χ2v) is 8.46. The Morgan fingerprint density at radius 1 is 1.12 bits per heavy atom. The summed E-state index contributed by atoms with van der Waals surface area (Å²) in [5.41, 5.74) is 2.98. The van der Waals surface area contributed by atoms with Crippen molar-refractivity contribution in [1.82, 2.24) is 9.97 Å². The third kappa shape index (κ3) is 4.80. The maximum atomic E-state index is 13.3. The normalized spacial score (nSPS) is 14.9. The van der Waals surface area contributed by atoms with Crippen molar-refractivity contribution >= 4 is 23.5 Å². The number of hydrogen-bond donors (Lipinski definition) is 2. The third-order valence-electron chi connectivity index (χ3n) is 5.37. The van der Waals surface area contributed by atoms with Crippen molar-refractivity contribution in [2.24, 2.45) is 0 Å². The Bertz CT molecular complexity index is 1240. The third-order valence-corrected chi connectivity index (χ3v) is 6.31. The highest BCUT2D eigenvalue weighted by molar-refractivity contribution is 7.98. The summed E-state index contributed by atoms with van der Waals surface area (Å²) in [6, 6.07) is 17.4. The summed E-state index contributed by atoms with van der Waals surface area (Å²) in [7, 11) is 1.33. The SMILES string of the molecule is CCOc1ccc(C2C(C(=O)OC)=C(C)Nc3nc(SCc4ccccc4)[nH]c(=O)c32)cc1. The number of esters is 1. The quantitative estimate of drug-likeness (QED) is 0.303. The van der Waals surface area contributed by atoms with Crippen LogP contribution in [0.5, 0.6) is 5.75 Å². The lowest BCUT2D eigenvalue weighted by atomic mass is 9.82. The zero-order valence-corrected chi connectivity index (χ0v) is 19.5. The Labute approximate surface area is 196 Å². The van der Waals surface area contributed by atoms with Crippen LogP contribution in [0, 0.1) is 0 Å². The van der Waals surface area contributed by atoms with Crippen LogP contribution in [-0.2, 0) is 15.3 Å². The predicted molar refractivity (Wildman–Crippen MR) is 129 cm³/mol. The molecule has 170 valence electrons. The summed E-state index contributed by atoms with van der Waals surface area (Å²) < 4.78 is 10.6. The largest absolute Gasteiger partial charge is 0.494 e. The molecule has 33 heavy (non-hydrogen) atoms. The highest BCUT2D eigenvalue weighted by Crippen LogP contribution is 2.40. The molecule has 1 aromatic heterocycles. The zero-order valence-electron chi connectivity index (χ0n) is 18.7. The van der Waals surface area contributed by atoms with Gasteiger partial charge in [-0.1, -0.05) is 54.2 Å². The molecule has 0 aliphatic carbocycles. The Balaban J connectivity index is 1.75. The van der Waals surface area contributed by atoms with E-state index < -0.39 is 11.9 Å². The molecule has 4 rings (SSSR count). The lowest BCUT2D eigenvalue weighted by molar-refractivity contribution is -0.136. The number of carbonyl (C=O) groups excluding carboxylic acids is 1. The number of hydrogen-bond acceptors (Lipinski definition) is 7. The molecular formula is C25H25N3O4S. The molecule has 1 aliphatic rings. The minimum absolute atomic E-state index is 0.296. The molecule has 2 N–H and O–H groups in total. The van der Waals surface area contributed by atoms with Gasteiger partial charge < -0.3 is 19.8 Å². The van der Waals surface area contributed by atoms with E-state index in [1.807, 2.05) is 61.5 Å². The number of rotatable bonds is 7. The fraction of sp³-hybridized carbons (Fsp3) is 0.240. The van der Waals surface area contributed by atoms with Crippen molar-refractivity contribution in [1.29, 1.82) is 0 Å². The molecule has 0 saturated carbocycles. The summed E-state index contributed by atoms with van der Waals surface area (Å²) in [5, 5.41) is 3.65. The second-order valence-electron chi connectivity index (χ2n) is 7.50. The van der Waals surface area contributed by atoms with Crippen LogP contribution in [0.2, 0.25) is 0 Å². The maximum Gasteiger partial charge on any atom is 0.336 e. The standard InChI is InChI=1S/C25H25N3O4S/c1-4-32-18-12-10-17(11-13-18)20-19(24(30)31-3)15(2)26-22-21(20)23(29)28-25(27-22)33-14-16-8-6-5-7-9-16/h5-13,20H,4,14H2,1-3H3,(H2,26,27,28,29). The van der Waals surface area contributed by atoms with Crippen LogP contribution in [0.3, 0.4) is 0 Å². The van der Waals surface area contributed by atoms with Gasteiger partial charge in [-0.2, -0.15) is 0 Å². The minimum Gasteiger partial charge on any atom is -0.494 e. The molecule has 1 unspecified atom stereocenters. The first-order chi connectivity index (χ1) is 16.0. The number of carbonyl (C=O) groups is 1. The molecule has 0 fully saturated rings. The Kier molecular flexibility index (Phi) is 6.84. The highest BCUT2D eigenvalue weighted by Gasteiger charge is 2.36. The fourth-order valence-electron chi connectivity index (χ4n) is 3.86. The number of nitrogens with one attached hydrogen (secondary N) is 2. The molecule has 7 nitrogen and oxygen atoms in total. The van der Waals surface area contributed by atoms with Crippen molar-refractivity contribution in [3.8, 4) is 5.75 Å². The van der Waals surface area contributed by atoms with Gasteiger partial charge in [0.25, 0.3) is 5.56 Å². The topological polar surface area (TPSA) is 93.3 Å². The van der Waals surface area contributed by atoms with Gasteiger partial charge >= 0.3 is 5.97 Å².